The van der Waals surface area contributed by atoms with Gasteiger partial charge in [0.15, 0.2) is 0 Å². The summed E-state index contributed by atoms with van der Waals surface area (Å²) in [6.07, 6.45) is 3.68. The molecule has 0 fully saturated rings. The monoisotopic (exact) mass is 322 g/mol. The zero-order valence-corrected chi connectivity index (χ0v) is 13.9. The number of unbranched alkanes of at least 4 members (excludes halogenated alkanes) is 1. The number of hydrogen-bond donors (Lipinski definition) is 0. The molecule has 0 bridgehead atoms. The van der Waals surface area contributed by atoms with Crippen molar-refractivity contribution in [3.05, 3.63) is 23.3 Å². The van der Waals surface area contributed by atoms with Gasteiger partial charge in [-0.2, -0.15) is 0 Å². The average Bonchev–Trinajstić information content (AvgIpc) is 2.93. The second-order valence-corrected chi connectivity index (χ2v) is 8.11. The first-order chi connectivity index (χ1) is 10.4. The summed E-state index contributed by atoms with van der Waals surface area (Å²) in [7, 11) is -1.80. The molecule has 2 aliphatic heterocycles. The Labute approximate surface area is 132 Å². The van der Waals surface area contributed by atoms with Gasteiger partial charge in [-0.05, 0) is 42.5 Å². The minimum atomic E-state index is -3.44. The molecule has 5 nitrogen and oxygen atoms in total. The molecule has 0 N–H and O–H groups in total. The van der Waals surface area contributed by atoms with Crippen LogP contribution in [0.5, 0.6) is 0 Å². The Morgan fingerprint density at radius 2 is 1.86 bits per heavy atom. The second kappa shape index (κ2) is 5.66. The van der Waals surface area contributed by atoms with Gasteiger partial charge in [0.25, 0.3) is 0 Å². The number of carbonyl (C=O) groups is 1. The normalized spacial score (nSPS) is 17.2. The van der Waals surface area contributed by atoms with E-state index in [2.05, 4.69) is 0 Å². The van der Waals surface area contributed by atoms with E-state index in [0.29, 0.717) is 30.8 Å². The van der Waals surface area contributed by atoms with E-state index in [-0.39, 0.29) is 5.91 Å². The molecular weight excluding hydrogens is 300 g/mol. The van der Waals surface area contributed by atoms with Crippen molar-refractivity contribution >= 4 is 21.6 Å². The van der Waals surface area contributed by atoms with Crippen LogP contribution in [0.4, 0.5) is 5.69 Å². The highest BCUT2D eigenvalue weighted by molar-refractivity contribution is 7.89. The molecule has 1 aromatic rings. The molecule has 22 heavy (non-hydrogen) atoms. The number of sulfonamides is 1. The van der Waals surface area contributed by atoms with E-state index in [4.69, 9.17) is 0 Å². The van der Waals surface area contributed by atoms with Crippen LogP contribution in [-0.2, 0) is 27.7 Å². The van der Waals surface area contributed by atoms with Crippen LogP contribution in [0.2, 0.25) is 0 Å². The molecule has 6 heteroatoms. The van der Waals surface area contributed by atoms with Crippen molar-refractivity contribution in [2.75, 3.05) is 25.0 Å². The van der Waals surface area contributed by atoms with Crippen molar-refractivity contribution in [3.8, 4) is 0 Å². The minimum absolute atomic E-state index is 0.155. The number of aryl methyl sites for hydroxylation is 1. The summed E-state index contributed by atoms with van der Waals surface area (Å²) in [5.74, 6) is 0.155. The van der Waals surface area contributed by atoms with Crippen molar-refractivity contribution in [3.63, 3.8) is 0 Å². The molecule has 1 aromatic carbocycles. The van der Waals surface area contributed by atoms with E-state index in [1.807, 2.05) is 11.8 Å². The maximum Gasteiger partial charge on any atom is 0.242 e. The van der Waals surface area contributed by atoms with Crippen molar-refractivity contribution in [1.82, 2.24) is 4.31 Å². The number of benzene rings is 1. The molecule has 0 aromatic heterocycles. The molecule has 0 saturated heterocycles. The number of carbonyl (C=O) groups excluding carboxylic acids is 1. The Hall–Kier alpha value is -1.40. The molecule has 3 rings (SSSR count). The zero-order valence-electron chi connectivity index (χ0n) is 13.1. The molecule has 0 saturated carbocycles. The van der Waals surface area contributed by atoms with Crippen molar-refractivity contribution in [2.45, 2.75) is 43.9 Å². The minimum Gasteiger partial charge on any atom is -0.312 e. The van der Waals surface area contributed by atoms with Crippen LogP contribution in [0.1, 0.15) is 37.3 Å². The summed E-state index contributed by atoms with van der Waals surface area (Å²) in [5, 5.41) is 0. The van der Waals surface area contributed by atoms with Crippen LogP contribution in [0.25, 0.3) is 0 Å². The number of anilines is 1. The number of hydrogen-bond acceptors (Lipinski definition) is 3. The Bertz CT molecular complexity index is 712. The molecule has 120 valence electrons. The second-order valence-electron chi connectivity index (χ2n) is 6.07. The van der Waals surface area contributed by atoms with Gasteiger partial charge in [-0.3, -0.25) is 4.79 Å². The van der Waals surface area contributed by atoms with Crippen molar-refractivity contribution < 1.29 is 13.2 Å². The number of amides is 1. The molecular formula is C16H22N2O3S. The average molecular weight is 322 g/mol. The fraction of sp³-hybridized carbons (Fsp3) is 0.562. The molecule has 1 amide bonds. The van der Waals surface area contributed by atoms with Crippen LogP contribution in [0, 0.1) is 0 Å². The van der Waals surface area contributed by atoms with Gasteiger partial charge in [-0.1, -0.05) is 13.3 Å². The maximum atomic E-state index is 12.7. The molecule has 0 unspecified atom stereocenters. The highest BCUT2D eigenvalue weighted by atomic mass is 32.2. The quantitative estimate of drug-likeness (QED) is 0.832. The van der Waals surface area contributed by atoms with E-state index in [0.717, 1.165) is 36.1 Å². The van der Waals surface area contributed by atoms with Crippen LogP contribution >= 0.6 is 0 Å². The van der Waals surface area contributed by atoms with Crippen LogP contribution in [0.15, 0.2) is 17.0 Å². The topological polar surface area (TPSA) is 57.7 Å². The Balaban J connectivity index is 1.99. The smallest absolute Gasteiger partial charge is 0.242 e. The number of rotatable bonds is 5. The van der Waals surface area contributed by atoms with E-state index in [1.54, 1.807) is 19.2 Å². The lowest BCUT2D eigenvalue weighted by atomic mass is 10.00. The van der Waals surface area contributed by atoms with Gasteiger partial charge in [0.1, 0.15) is 0 Å². The number of nitrogens with zero attached hydrogens (tertiary/aromatic N) is 2. The first-order valence-corrected chi connectivity index (χ1v) is 9.31. The van der Waals surface area contributed by atoms with Gasteiger partial charge < -0.3 is 4.90 Å². The summed E-state index contributed by atoms with van der Waals surface area (Å²) in [5.41, 5.74) is 2.96. The molecule has 2 heterocycles. The van der Waals surface area contributed by atoms with Gasteiger partial charge in [-0.15, -0.1) is 0 Å². The summed E-state index contributed by atoms with van der Waals surface area (Å²) in [6, 6.07) is 3.52. The largest absolute Gasteiger partial charge is 0.312 e. The standard InChI is InChI=1S/C16H22N2O3S/c1-3-4-8-17(2)22(20,21)14-10-12-5-6-15(19)18-9-7-13(11-14)16(12)18/h10-11H,3-9H2,1-2H3. The SMILES string of the molecule is CCCCN(C)S(=O)(=O)c1cc2c3c(c1)CCN3C(=O)CC2. The van der Waals surface area contributed by atoms with Crippen LogP contribution < -0.4 is 4.90 Å². The Morgan fingerprint density at radius 3 is 2.55 bits per heavy atom. The highest BCUT2D eigenvalue weighted by Crippen LogP contribution is 2.38. The van der Waals surface area contributed by atoms with Gasteiger partial charge in [0.2, 0.25) is 15.9 Å². The van der Waals surface area contributed by atoms with E-state index < -0.39 is 10.0 Å². The Kier molecular flexibility index (Phi) is 3.99. The molecule has 0 atom stereocenters. The molecule has 0 spiro atoms. The summed E-state index contributed by atoms with van der Waals surface area (Å²) >= 11 is 0. The van der Waals surface area contributed by atoms with E-state index in [9.17, 15) is 13.2 Å². The summed E-state index contributed by atoms with van der Waals surface area (Å²) in [6.45, 7) is 3.26. The predicted molar refractivity (Wildman–Crippen MR) is 85.5 cm³/mol. The fourth-order valence-electron chi connectivity index (χ4n) is 3.26. The van der Waals surface area contributed by atoms with Gasteiger partial charge in [-0.25, -0.2) is 12.7 Å². The zero-order chi connectivity index (χ0) is 15.9. The lowest BCUT2D eigenvalue weighted by molar-refractivity contribution is -0.118. The predicted octanol–water partition coefficient (Wildman–Crippen LogP) is 1.94. The van der Waals surface area contributed by atoms with Gasteiger partial charge >= 0.3 is 0 Å². The third kappa shape index (κ3) is 2.44. The molecule has 0 radical (unpaired) electrons. The lowest BCUT2D eigenvalue weighted by Crippen LogP contribution is -2.33. The van der Waals surface area contributed by atoms with E-state index in [1.165, 1.54) is 4.31 Å². The molecule has 0 aliphatic carbocycles. The van der Waals surface area contributed by atoms with Gasteiger partial charge in [0, 0.05) is 26.6 Å². The van der Waals surface area contributed by atoms with E-state index >= 15 is 0 Å². The fourth-order valence-corrected chi connectivity index (χ4v) is 4.57. The summed E-state index contributed by atoms with van der Waals surface area (Å²) < 4.78 is 26.9. The third-order valence-corrected chi connectivity index (χ3v) is 6.39. The summed E-state index contributed by atoms with van der Waals surface area (Å²) in [4.78, 5) is 14.1. The van der Waals surface area contributed by atoms with Gasteiger partial charge in [0.05, 0.1) is 10.6 Å². The highest BCUT2D eigenvalue weighted by Gasteiger charge is 2.33. The first kappa shape index (κ1) is 15.5. The van der Waals surface area contributed by atoms with Crippen molar-refractivity contribution in [2.24, 2.45) is 0 Å². The van der Waals surface area contributed by atoms with Crippen LogP contribution in [-0.4, -0.2) is 38.8 Å². The lowest BCUT2D eigenvalue weighted by Gasteiger charge is -2.26. The Morgan fingerprint density at radius 1 is 1.18 bits per heavy atom. The molecule has 2 aliphatic rings. The third-order valence-electron chi connectivity index (χ3n) is 4.56. The maximum absolute atomic E-state index is 12.7. The van der Waals surface area contributed by atoms with Crippen molar-refractivity contribution in [1.29, 1.82) is 0 Å². The van der Waals surface area contributed by atoms with Crippen LogP contribution in [0.3, 0.4) is 0 Å². The first-order valence-electron chi connectivity index (χ1n) is 7.87.